The van der Waals surface area contributed by atoms with Crippen LogP contribution in [0.1, 0.15) is 25.0 Å². The summed E-state index contributed by atoms with van der Waals surface area (Å²) < 4.78 is 6.25. The number of nitrogens with zero attached hydrogens (tertiary/aromatic N) is 1. The van der Waals surface area contributed by atoms with Crippen molar-refractivity contribution in [2.45, 2.75) is 19.3 Å². The molecule has 10 rings (SSSR count). The summed E-state index contributed by atoms with van der Waals surface area (Å²) in [6.45, 7) is 4.68. The largest absolute Gasteiger partial charge is 0.456 e. The molecule has 0 N–H and O–H groups in total. The maximum atomic E-state index is 6.25. The minimum atomic E-state index is -0.0488. The smallest absolute Gasteiger partial charge is 0.135 e. The van der Waals surface area contributed by atoms with Crippen molar-refractivity contribution >= 4 is 71.3 Å². The van der Waals surface area contributed by atoms with E-state index in [1.807, 2.05) is 12.1 Å². The van der Waals surface area contributed by atoms with E-state index in [0.717, 1.165) is 39.0 Å². The molecule has 0 amide bonds. The molecule has 0 atom stereocenters. The van der Waals surface area contributed by atoms with Crippen molar-refractivity contribution in [3.63, 3.8) is 0 Å². The average Bonchev–Trinajstić information content (AvgIpc) is 3.60. The lowest BCUT2D eigenvalue weighted by Crippen LogP contribution is -2.15. The zero-order valence-electron chi connectivity index (χ0n) is 26.3. The van der Waals surface area contributed by atoms with Crippen molar-refractivity contribution in [1.29, 1.82) is 0 Å². The van der Waals surface area contributed by atoms with Crippen LogP contribution in [-0.4, -0.2) is 0 Å². The second-order valence-electron chi connectivity index (χ2n) is 13.3. The lowest BCUT2D eigenvalue weighted by molar-refractivity contribution is 0.660. The molecule has 1 aliphatic carbocycles. The number of furan rings is 1. The first-order valence-corrected chi connectivity index (χ1v) is 16.4. The Kier molecular flexibility index (Phi) is 5.37. The molecule has 0 saturated carbocycles. The third-order valence-electron chi connectivity index (χ3n) is 10.4. The first kappa shape index (κ1) is 26.4. The van der Waals surface area contributed by atoms with Crippen molar-refractivity contribution in [2.24, 2.45) is 0 Å². The zero-order valence-corrected chi connectivity index (χ0v) is 26.3. The highest BCUT2D eigenvalue weighted by molar-refractivity contribution is 6.25. The fourth-order valence-corrected chi connectivity index (χ4v) is 8.18. The Morgan fingerprint density at radius 1 is 0.383 bits per heavy atom. The molecule has 0 radical (unpaired) electrons. The SMILES string of the molecule is CC1(C)c2ccccc2-c2cc(N(c3ccc4oc5ccccc5c4c3)c3ccc4c5ccccc5c5ccccc5c4c3)ccc21. The van der Waals surface area contributed by atoms with E-state index in [0.29, 0.717) is 0 Å². The Morgan fingerprint density at radius 2 is 0.872 bits per heavy atom. The molecule has 222 valence electrons. The Morgan fingerprint density at radius 3 is 1.62 bits per heavy atom. The van der Waals surface area contributed by atoms with Crippen LogP contribution < -0.4 is 4.90 Å². The van der Waals surface area contributed by atoms with Gasteiger partial charge in [0, 0.05) is 33.2 Å². The van der Waals surface area contributed by atoms with Gasteiger partial charge < -0.3 is 9.32 Å². The summed E-state index contributed by atoms with van der Waals surface area (Å²) in [5.74, 6) is 0. The normalized spacial score (nSPS) is 13.5. The fraction of sp³-hybridized carbons (Fsp3) is 0.0667. The van der Waals surface area contributed by atoms with Gasteiger partial charge in [-0.3, -0.25) is 0 Å². The van der Waals surface area contributed by atoms with Gasteiger partial charge in [-0.25, -0.2) is 0 Å². The highest BCUT2D eigenvalue weighted by Crippen LogP contribution is 2.51. The van der Waals surface area contributed by atoms with E-state index in [1.165, 1.54) is 54.6 Å². The number of para-hydroxylation sites is 1. The van der Waals surface area contributed by atoms with Gasteiger partial charge >= 0.3 is 0 Å². The van der Waals surface area contributed by atoms with Crippen LogP contribution in [0.3, 0.4) is 0 Å². The topological polar surface area (TPSA) is 16.4 Å². The van der Waals surface area contributed by atoms with Crippen LogP contribution in [0.5, 0.6) is 0 Å². The summed E-state index contributed by atoms with van der Waals surface area (Å²) in [6.07, 6.45) is 0. The van der Waals surface area contributed by atoms with Gasteiger partial charge in [-0.1, -0.05) is 117 Å². The molecular formula is C45H31NO. The van der Waals surface area contributed by atoms with Gasteiger partial charge in [-0.15, -0.1) is 0 Å². The Labute approximate surface area is 273 Å². The highest BCUT2D eigenvalue weighted by Gasteiger charge is 2.35. The van der Waals surface area contributed by atoms with Crippen LogP contribution in [-0.2, 0) is 5.41 Å². The highest BCUT2D eigenvalue weighted by atomic mass is 16.3. The molecule has 1 heterocycles. The molecule has 0 spiro atoms. The molecule has 0 bridgehead atoms. The van der Waals surface area contributed by atoms with E-state index in [-0.39, 0.29) is 5.41 Å². The van der Waals surface area contributed by atoms with Crippen molar-refractivity contribution in [3.05, 3.63) is 163 Å². The molecular weight excluding hydrogens is 571 g/mol. The number of fused-ring (bicyclic) bond motifs is 12. The first-order valence-electron chi connectivity index (χ1n) is 16.4. The number of rotatable bonds is 3. The standard InChI is InChI=1S/C45H31NO/c1-45(2)41-17-9-7-15-36(41)39-26-29(20-23-42(39)45)46(30-21-24-44-40(27-30)37-16-8-10-18-43(37)47-44)28-19-22-35-33-13-4-3-11-31(33)32-12-5-6-14-34(32)38(35)25-28/h3-27H,1-2H3. The lowest BCUT2D eigenvalue weighted by atomic mass is 9.82. The van der Waals surface area contributed by atoms with Gasteiger partial charge in [0.15, 0.2) is 0 Å². The first-order chi connectivity index (χ1) is 23.1. The molecule has 0 fully saturated rings. The van der Waals surface area contributed by atoms with Crippen molar-refractivity contribution < 1.29 is 4.42 Å². The van der Waals surface area contributed by atoms with Crippen LogP contribution in [0.15, 0.2) is 156 Å². The van der Waals surface area contributed by atoms with Gasteiger partial charge in [0.25, 0.3) is 0 Å². The van der Waals surface area contributed by atoms with Crippen LogP contribution in [0.2, 0.25) is 0 Å². The molecule has 8 aromatic carbocycles. The average molecular weight is 602 g/mol. The van der Waals surface area contributed by atoms with E-state index in [2.05, 4.69) is 158 Å². The van der Waals surface area contributed by atoms with Gasteiger partial charge in [0.1, 0.15) is 11.2 Å². The fourth-order valence-electron chi connectivity index (χ4n) is 8.18. The zero-order chi connectivity index (χ0) is 31.3. The predicted molar refractivity (Wildman–Crippen MR) is 198 cm³/mol. The summed E-state index contributed by atoms with van der Waals surface area (Å²) in [6, 6.07) is 55.4. The number of hydrogen-bond donors (Lipinski definition) is 0. The second kappa shape index (κ2) is 9.57. The quantitative estimate of drug-likeness (QED) is 0.187. The lowest BCUT2D eigenvalue weighted by Gasteiger charge is -2.28. The van der Waals surface area contributed by atoms with E-state index in [1.54, 1.807) is 0 Å². The van der Waals surface area contributed by atoms with E-state index >= 15 is 0 Å². The van der Waals surface area contributed by atoms with E-state index in [9.17, 15) is 0 Å². The Balaban J connectivity index is 1.26. The van der Waals surface area contributed by atoms with Gasteiger partial charge in [0.05, 0.1) is 0 Å². The predicted octanol–water partition coefficient (Wildman–Crippen LogP) is 12.8. The summed E-state index contributed by atoms with van der Waals surface area (Å²) in [7, 11) is 0. The summed E-state index contributed by atoms with van der Waals surface area (Å²) in [5.41, 5.74) is 10.5. The minimum Gasteiger partial charge on any atom is -0.456 e. The Bertz CT molecular complexity index is 2690. The van der Waals surface area contributed by atoms with Crippen LogP contribution in [0.4, 0.5) is 17.1 Å². The van der Waals surface area contributed by atoms with Crippen molar-refractivity contribution in [1.82, 2.24) is 0 Å². The van der Waals surface area contributed by atoms with Crippen LogP contribution in [0, 0.1) is 0 Å². The molecule has 0 saturated heterocycles. The molecule has 9 aromatic rings. The maximum absolute atomic E-state index is 6.25. The number of benzene rings is 8. The third-order valence-corrected chi connectivity index (χ3v) is 10.4. The second-order valence-corrected chi connectivity index (χ2v) is 13.3. The van der Waals surface area contributed by atoms with Gasteiger partial charge in [-0.05, 0) is 103 Å². The molecule has 1 aromatic heterocycles. The summed E-state index contributed by atoms with van der Waals surface area (Å²) >= 11 is 0. The molecule has 2 heteroatoms. The Hall–Kier alpha value is -5.86. The maximum Gasteiger partial charge on any atom is 0.135 e. The molecule has 47 heavy (non-hydrogen) atoms. The monoisotopic (exact) mass is 601 g/mol. The molecule has 0 unspecified atom stereocenters. The number of anilines is 3. The van der Waals surface area contributed by atoms with E-state index in [4.69, 9.17) is 4.42 Å². The molecule has 1 aliphatic rings. The van der Waals surface area contributed by atoms with Gasteiger partial charge in [0.2, 0.25) is 0 Å². The van der Waals surface area contributed by atoms with Crippen molar-refractivity contribution in [3.8, 4) is 11.1 Å². The van der Waals surface area contributed by atoms with Crippen molar-refractivity contribution in [2.75, 3.05) is 4.90 Å². The molecule has 2 nitrogen and oxygen atoms in total. The molecule has 0 aliphatic heterocycles. The van der Waals surface area contributed by atoms with Crippen LogP contribution in [0.25, 0.3) is 65.4 Å². The number of hydrogen-bond acceptors (Lipinski definition) is 2. The van der Waals surface area contributed by atoms with E-state index < -0.39 is 0 Å². The minimum absolute atomic E-state index is 0.0488. The summed E-state index contributed by atoms with van der Waals surface area (Å²) in [5, 5.41) is 9.89. The van der Waals surface area contributed by atoms with Gasteiger partial charge in [-0.2, -0.15) is 0 Å². The summed E-state index contributed by atoms with van der Waals surface area (Å²) in [4.78, 5) is 2.42. The third kappa shape index (κ3) is 3.73. The van der Waals surface area contributed by atoms with Crippen LogP contribution >= 0.6 is 0 Å².